The fraction of sp³-hybridized carbons (Fsp3) is 0.175. The number of rotatable bonds is 8. The Labute approximate surface area is 281 Å². The predicted octanol–water partition coefficient (Wildman–Crippen LogP) is 7.64. The summed E-state index contributed by atoms with van der Waals surface area (Å²) >= 11 is 0. The number of hydrogen-bond acceptors (Lipinski definition) is 5. The highest BCUT2D eigenvalue weighted by molar-refractivity contribution is 7.99. The molecule has 1 amide bonds. The van der Waals surface area contributed by atoms with Crippen LogP contribution in [0.1, 0.15) is 43.0 Å². The second kappa shape index (κ2) is 12.0. The van der Waals surface area contributed by atoms with Crippen LogP contribution < -0.4 is 0 Å². The molecule has 1 atom stereocenters. The molecule has 1 aromatic heterocycles. The Balaban J connectivity index is 1.32. The van der Waals surface area contributed by atoms with Gasteiger partial charge in [-0.3, -0.25) is 4.79 Å². The Morgan fingerprint density at radius 2 is 1.15 bits per heavy atom. The SMILES string of the molecule is CC(C)(C)N1C(=O)C=C(c2ccc(CC(Cc3ccc(-c4ccccc4)cc3)(c3ccccc3)n3nnc4ccccc43)cc2)S1(=O)=O. The lowest BCUT2D eigenvalue weighted by Gasteiger charge is -2.36. The molecule has 2 heterocycles. The standard InChI is InChI=1S/C40H36N4O3S/c1-39(2,3)44-38(45)26-37(48(44,46)47)33-24-20-30(21-25-33)28-40(34-14-8-5-9-15-34,43-36-17-11-10-16-35(36)41-42-43)27-29-18-22-32(23-19-29)31-12-6-4-7-13-31/h4-26H,27-28H2,1-3H3. The molecule has 7 nitrogen and oxygen atoms in total. The number of aromatic nitrogens is 3. The minimum absolute atomic E-state index is 0.0177. The molecule has 0 radical (unpaired) electrons. The van der Waals surface area contributed by atoms with E-state index in [1.54, 1.807) is 32.9 Å². The zero-order valence-electron chi connectivity index (χ0n) is 27.1. The topological polar surface area (TPSA) is 85.2 Å². The van der Waals surface area contributed by atoms with Crippen molar-refractivity contribution in [3.63, 3.8) is 0 Å². The first kappa shape index (κ1) is 31.3. The summed E-state index contributed by atoms with van der Waals surface area (Å²) < 4.78 is 29.9. The van der Waals surface area contributed by atoms with Crippen LogP contribution in [0.5, 0.6) is 0 Å². The quantitative estimate of drug-likeness (QED) is 0.169. The van der Waals surface area contributed by atoms with Crippen molar-refractivity contribution < 1.29 is 13.2 Å². The molecule has 6 aromatic rings. The lowest BCUT2D eigenvalue weighted by molar-refractivity contribution is -0.123. The Kier molecular flexibility index (Phi) is 7.84. The van der Waals surface area contributed by atoms with Crippen LogP contribution in [-0.2, 0) is 33.2 Å². The van der Waals surface area contributed by atoms with Gasteiger partial charge >= 0.3 is 0 Å². The molecule has 1 unspecified atom stereocenters. The summed E-state index contributed by atoms with van der Waals surface area (Å²) in [6, 6.07) is 44.8. The summed E-state index contributed by atoms with van der Waals surface area (Å²) in [6.45, 7) is 5.15. The van der Waals surface area contributed by atoms with E-state index in [9.17, 15) is 13.2 Å². The van der Waals surface area contributed by atoms with Crippen molar-refractivity contribution in [2.24, 2.45) is 0 Å². The number of para-hydroxylation sites is 1. The molecule has 8 heteroatoms. The van der Waals surface area contributed by atoms with Gasteiger partial charge in [0.25, 0.3) is 15.9 Å². The minimum Gasteiger partial charge on any atom is -0.269 e. The summed E-state index contributed by atoms with van der Waals surface area (Å²) in [5.41, 5.74) is 6.14. The maximum atomic E-state index is 13.5. The van der Waals surface area contributed by atoms with Crippen LogP contribution in [0.25, 0.3) is 27.1 Å². The van der Waals surface area contributed by atoms with Crippen molar-refractivity contribution in [2.45, 2.75) is 44.7 Å². The molecule has 0 fully saturated rings. The Hall–Kier alpha value is -5.34. The van der Waals surface area contributed by atoms with Gasteiger partial charge in [0.1, 0.15) is 10.4 Å². The number of nitrogens with zero attached hydrogens (tertiary/aromatic N) is 4. The first-order valence-electron chi connectivity index (χ1n) is 16.0. The third-order valence-electron chi connectivity index (χ3n) is 8.94. The first-order chi connectivity index (χ1) is 23.1. The molecule has 0 saturated heterocycles. The van der Waals surface area contributed by atoms with Crippen molar-refractivity contribution in [1.82, 2.24) is 19.3 Å². The van der Waals surface area contributed by atoms with Gasteiger partial charge in [-0.2, -0.15) is 0 Å². The zero-order chi connectivity index (χ0) is 33.5. The maximum Gasteiger partial charge on any atom is 0.268 e. The van der Waals surface area contributed by atoms with Gasteiger partial charge in [-0.05, 0) is 66.3 Å². The normalized spacial score (nSPS) is 15.8. The van der Waals surface area contributed by atoms with Crippen molar-refractivity contribution in [3.8, 4) is 11.1 Å². The average molecular weight is 653 g/mol. The summed E-state index contributed by atoms with van der Waals surface area (Å²) in [7, 11) is -3.98. The monoisotopic (exact) mass is 652 g/mol. The lowest BCUT2D eigenvalue weighted by atomic mass is 9.78. The maximum absolute atomic E-state index is 13.5. The van der Waals surface area contributed by atoms with E-state index in [0.29, 0.717) is 18.4 Å². The van der Waals surface area contributed by atoms with Gasteiger partial charge in [0, 0.05) is 18.9 Å². The van der Waals surface area contributed by atoms with Crippen LogP contribution in [0.3, 0.4) is 0 Å². The van der Waals surface area contributed by atoms with Gasteiger partial charge in [-0.15, -0.1) is 5.10 Å². The summed E-state index contributed by atoms with van der Waals surface area (Å²) in [6.07, 6.45) is 2.39. The Morgan fingerprint density at radius 1 is 0.625 bits per heavy atom. The summed E-state index contributed by atoms with van der Waals surface area (Å²) in [4.78, 5) is 12.8. The Bertz CT molecular complexity index is 2240. The van der Waals surface area contributed by atoms with Crippen LogP contribution >= 0.6 is 0 Å². The van der Waals surface area contributed by atoms with Gasteiger partial charge in [0.2, 0.25) is 0 Å². The number of fused-ring (bicyclic) bond motifs is 1. The van der Waals surface area contributed by atoms with E-state index in [-0.39, 0.29) is 4.91 Å². The molecule has 5 aromatic carbocycles. The van der Waals surface area contributed by atoms with Crippen LogP contribution in [0.4, 0.5) is 0 Å². The highest BCUT2D eigenvalue weighted by atomic mass is 32.2. The number of benzene rings is 5. The molecule has 48 heavy (non-hydrogen) atoms. The van der Waals surface area contributed by atoms with Crippen molar-refractivity contribution in [2.75, 3.05) is 0 Å². The van der Waals surface area contributed by atoms with E-state index in [2.05, 4.69) is 53.6 Å². The first-order valence-corrected chi connectivity index (χ1v) is 17.4. The van der Waals surface area contributed by atoms with E-state index in [1.165, 1.54) is 6.08 Å². The number of hydrogen-bond donors (Lipinski definition) is 0. The van der Waals surface area contributed by atoms with Gasteiger partial charge in [0.15, 0.2) is 0 Å². The van der Waals surface area contributed by atoms with Crippen LogP contribution in [0, 0.1) is 0 Å². The van der Waals surface area contributed by atoms with E-state index < -0.39 is 27.0 Å². The summed E-state index contributed by atoms with van der Waals surface area (Å²) in [5.74, 6) is -0.527. The molecule has 7 rings (SSSR count). The highest BCUT2D eigenvalue weighted by Crippen LogP contribution is 2.39. The molecule has 0 aliphatic carbocycles. The lowest BCUT2D eigenvalue weighted by Crippen LogP contribution is -2.45. The van der Waals surface area contributed by atoms with E-state index in [1.807, 2.05) is 77.5 Å². The average Bonchev–Trinajstić information content (AvgIpc) is 3.63. The van der Waals surface area contributed by atoms with E-state index in [0.717, 1.165) is 43.2 Å². The van der Waals surface area contributed by atoms with Crippen LogP contribution in [-0.4, -0.2) is 39.2 Å². The largest absolute Gasteiger partial charge is 0.269 e. The number of amides is 1. The van der Waals surface area contributed by atoms with Crippen LogP contribution in [0.2, 0.25) is 0 Å². The van der Waals surface area contributed by atoms with Crippen LogP contribution in [0.15, 0.2) is 140 Å². The van der Waals surface area contributed by atoms with Gasteiger partial charge in [-0.25, -0.2) is 17.4 Å². The van der Waals surface area contributed by atoms with Crippen molar-refractivity contribution in [3.05, 3.63) is 162 Å². The fourth-order valence-electron chi connectivity index (χ4n) is 6.77. The highest BCUT2D eigenvalue weighted by Gasteiger charge is 2.44. The third kappa shape index (κ3) is 5.62. The number of carbonyl (C=O) groups excluding carboxylic acids is 1. The molecule has 240 valence electrons. The Morgan fingerprint density at radius 3 is 1.73 bits per heavy atom. The fourth-order valence-corrected chi connectivity index (χ4v) is 8.66. The second-order valence-electron chi connectivity index (χ2n) is 13.3. The smallest absolute Gasteiger partial charge is 0.268 e. The minimum atomic E-state index is -3.98. The second-order valence-corrected chi connectivity index (χ2v) is 15.0. The molecular formula is C40H36N4O3S. The third-order valence-corrected chi connectivity index (χ3v) is 11.1. The number of sulfonamides is 1. The molecular weight excluding hydrogens is 617 g/mol. The molecule has 1 aliphatic rings. The van der Waals surface area contributed by atoms with E-state index >= 15 is 0 Å². The number of carbonyl (C=O) groups is 1. The zero-order valence-corrected chi connectivity index (χ0v) is 27.9. The van der Waals surface area contributed by atoms with Crippen molar-refractivity contribution >= 4 is 31.9 Å². The van der Waals surface area contributed by atoms with Gasteiger partial charge in [0.05, 0.1) is 16.6 Å². The van der Waals surface area contributed by atoms with Gasteiger partial charge in [-0.1, -0.05) is 127 Å². The molecule has 0 saturated carbocycles. The van der Waals surface area contributed by atoms with Gasteiger partial charge < -0.3 is 0 Å². The molecule has 0 spiro atoms. The molecule has 0 bridgehead atoms. The van der Waals surface area contributed by atoms with E-state index in [4.69, 9.17) is 5.21 Å². The molecule has 1 aliphatic heterocycles. The van der Waals surface area contributed by atoms with Crippen molar-refractivity contribution in [1.29, 1.82) is 0 Å². The summed E-state index contributed by atoms with van der Waals surface area (Å²) in [5, 5.41) is 9.34. The molecule has 0 N–H and O–H groups in total. The predicted molar refractivity (Wildman–Crippen MR) is 190 cm³/mol.